The first kappa shape index (κ1) is 30.9. The molecule has 0 unspecified atom stereocenters. The number of benzene rings is 1. The molecule has 0 spiro atoms. The van der Waals surface area contributed by atoms with Crippen LogP contribution >= 0.6 is 0 Å². The predicted molar refractivity (Wildman–Crippen MR) is 159 cm³/mol. The van der Waals surface area contributed by atoms with E-state index in [4.69, 9.17) is 4.74 Å². The van der Waals surface area contributed by atoms with Crippen LogP contribution in [0.5, 0.6) is 0 Å². The average Bonchev–Trinajstić information content (AvgIpc) is 3.82. The van der Waals surface area contributed by atoms with Crippen LogP contribution in [0.3, 0.4) is 0 Å². The summed E-state index contributed by atoms with van der Waals surface area (Å²) in [4.78, 5) is 40.6. The highest BCUT2D eigenvalue weighted by atomic mass is 32.2. The minimum atomic E-state index is -3.15. The minimum Gasteiger partial charge on any atom is -0.465 e. The number of nitrogens with zero attached hydrogens (tertiary/aromatic N) is 6. The van der Waals surface area contributed by atoms with Crippen molar-refractivity contribution in [1.82, 2.24) is 14.9 Å². The Hall–Kier alpha value is -3.59. The molecule has 0 radical (unpaired) electrons. The molecule has 3 heterocycles. The molecule has 15 heteroatoms. The summed E-state index contributed by atoms with van der Waals surface area (Å²) in [5, 5.41) is 2.91. The lowest BCUT2D eigenvalue weighted by Crippen LogP contribution is -2.47. The van der Waals surface area contributed by atoms with Crippen molar-refractivity contribution in [1.29, 1.82) is 0 Å². The number of piperazine rings is 1. The molecule has 0 bridgehead atoms. The SMILES string of the molecule is CCOC(=O)CN(c1ccc(NC(=O)c2cc(C)nc(N3CCC(F)(F)CC3)n2)c(N2CCN(C3CC3)CC2)c1)[SH](=O)=O. The first-order valence-electron chi connectivity index (χ1n) is 14.5. The van der Waals surface area contributed by atoms with E-state index in [-0.39, 0.29) is 49.9 Å². The third-order valence-electron chi connectivity index (χ3n) is 7.88. The van der Waals surface area contributed by atoms with Gasteiger partial charge in [0.1, 0.15) is 12.2 Å². The van der Waals surface area contributed by atoms with E-state index in [1.54, 1.807) is 30.9 Å². The summed E-state index contributed by atoms with van der Waals surface area (Å²) in [7, 11) is -3.15. The Morgan fingerprint density at radius 2 is 1.74 bits per heavy atom. The van der Waals surface area contributed by atoms with Crippen LogP contribution in [0.15, 0.2) is 24.3 Å². The molecule has 2 aromatic rings. The van der Waals surface area contributed by atoms with E-state index in [0.717, 1.165) is 17.4 Å². The summed E-state index contributed by atoms with van der Waals surface area (Å²) in [6, 6.07) is 6.92. The van der Waals surface area contributed by atoms with Crippen LogP contribution in [-0.4, -0.2) is 99.5 Å². The number of hydrogen-bond donors (Lipinski definition) is 2. The van der Waals surface area contributed by atoms with Crippen LogP contribution in [0, 0.1) is 6.92 Å². The molecule has 43 heavy (non-hydrogen) atoms. The molecule has 3 aliphatic rings. The summed E-state index contributed by atoms with van der Waals surface area (Å²) in [6.45, 7) is 6.16. The van der Waals surface area contributed by atoms with Gasteiger partial charge in [-0.2, -0.15) is 0 Å². The van der Waals surface area contributed by atoms with Crippen molar-refractivity contribution >= 4 is 45.8 Å². The van der Waals surface area contributed by atoms with Crippen molar-refractivity contribution in [2.45, 2.75) is 51.5 Å². The van der Waals surface area contributed by atoms with Crippen molar-refractivity contribution in [3.8, 4) is 0 Å². The number of aryl methyl sites for hydroxylation is 1. The quantitative estimate of drug-likeness (QED) is 0.302. The fraction of sp³-hybridized carbons (Fsp3) is 0.571. The van der Waals surface area contributed by atoms with Crippen molar-refractivity contribution in [3.05, 3.63) is 35.7 Å². The predicted octanol–water partition coefficient (Wildman–Crippen LogP) is 2.45. The molecular formula is C28H37F2N7O5S. The molecule has 1 N–H and O–H groups in total. The van der Waals surface area contributed by atoms with Gasteiger partial charge in [0.15, 0.2) is 0 Å². The largest absolute Gasteiger partial charge is 0.465 e. The lowest BCUT2D eigenvalue weighted by Gasteiger charge is -2.37. The lowest BCUT2D eigenvalue weighted by atomic mass is 10.1. The first-order valence-corrected chi connectivity index (χ1v) is 15.7. The molecule has 2 saturated heterocycles. The van der Waals surface area contributed by atoms with E-state index < -0.39 is 35.2 Å². The Morgan fingerprint density at radius 3 is 2.37 bits per heavy atom. The molecule has 0 atom stereocenters. The van der Waals surface area contributed by atoms with E-state index in [1.165, 1.54) is 25.0 Å². The maximum atomic E-state index is 13.7. The second kappa shape index (κ2) is 13.0. The zero-order valence-electron chi connectivity index (χ0n) is 24.3. The van der Waals surface area contributed by atoms with Crippen LogP contribution in [0.1, 0.15) is 48.8 Å². The van der Waals surface area contributed by atoms with Crippen molar-refractivity contribution in [2.75, 3.05) is 71.8 Å². The Balaban J connectivity index is 1.41. The summed E-state index contributed by atoms with van der Waals surface area (Å²) in [5.41, 5.74) is 1.93. The number of halogens is 2. The Morgan fingerprint density at radius 1 is 1.05 bits per heavy atom. The second-order valence-corrected chi connectivity index (χ2v) is 12.0. The highest BCUT2D eigenvalue weighted by Crippen LogP contribution is 2.35. The number of anilines is 4. The van der Waals surface area contributed by atoms with Gasteiger partial charge in [0.25, 0.3) is 11.8 Å². The van der Waals surface area contributed by atoms with Gasteiger partial charge < -0.3 is 19.9 Å². The maximum Gasteiger partial charge on any atom is 0.326 e. The van der Waals surface area contributed by atoms with Crippen molar-refractivity contribution in [3.63, 3.8) is 0 Å². The maximum absolute atomic E-state index is 13.7. The molecule has 3 fully saturated rings. The normalized spacial score (nSPS) is 18.9. The number of thiol groups is 1. The molecule has 5 rings (SSSR count). The van der Waals surface area contributed by atoms with Crippen LogP contribution in [0.4, 0.5) is 31.8 Å². The number of carbonyl (C=O) groups is 2. The van der Waals surface area contributed by atoms with E-state index in [1.807, 2.05) is 0 Å². The molecule has 1 saturated carbocycles. The molecule has 1 aromatic heterocycles. The molecule has 1 aromatic carbocycles. The highest BCUT2D eigenvalue weighted by Gasteiger charge is 2.35. The van der Waals surface area contributed by atoms with E-state index >= 15 is 0 Å². The Kier molecular flexibility index (Phi) is 9.30. The fourth-order valence-corrected chi connectivity index (χ4v) is 5.96. The van der Waals surface area contributed by atoms with Gasteiger partial charge >= 0.3 is 5.97 Å². The van der Waals surface area contributed by atoms with Crippen LogP contribution in [-0.2, 0) is 20.4 Å². The summed E-state index contributed by atoms with van der Waals surface area (Å²) in [5.74, 6) is -3.69. The van der Waals surface area contributed by atoms with E-state index in [2.05, 4.69) is 25.1 Å². The van der Waals surface area contributed by atoms with Gasteiger partial charge in [-0.15, -0.1) is 0 Å². The van der Waals surface area contributed by atoms with Gasteiger partial charge in [-0.05, 0) is 51.0 Å². The zero-order chi connectivity index (χ0) is 30.7. The number of carbonyl (C=O) groups excluding carboxylic acids is 2. The summed E-state index contributed by atoms with van der Waals surface area (Å²) >= 11 is 0. The van der Waals surface area contributed by atoms with E-state index in [9.17, 15) is 26.8 Å². The number of piperidine rings is 1. The van der Waals surface area contributed by atoms with Gasteiger partial charge in [-0.1, -0.05) is 0 Å². The zero-order valence-corrected chi connectivity index (χ0v) is 25.2. The highest BCUT2D eigenvalue weighted by molar-refractivity contribution is 7.74. The molecule has 234 valence electrons. The lowest BCUT2D eigenvalue weighted by molar-refractivity contribution is -0.141. The first-order chi connectivity index (χ1) is 20.5. The molecule has 1 aliphatic carbocycles. The monoisotopic (exact) mass is 621 g/mol. The van der Waals surface area contributed by atoms with Crippen molar-refractivity contribution in [2.24, 2.45) is 0 Å². The Bertz CT molecular complexity index is 1410. The number of esters is 1. The number of aromatic nitrogens is 2. The number of hydrogen-bond acceptors (Lipinski definition) is 10. The van der Waals surface area contributed by atoms with Crippen LogP contribution in [0.2, 0.25) is 0 Å². The second-order valence-electron chi connectivity index (χ2n) is 11.0. The standard InChI is InChI=1S/C28H37F2N7O5S/c1-3-42-25(38)18-37(43(40)41)21-6-7-22(24(17-21)35-14-12-34(13-15-35)20-4-5-20)32-26(39)23-16-19(2)31-27(33-23)36-10-8-28(29,30)9-11-36/h6-7,16-17,20,43H,3-5,8-15,18H2,1-2H3,(H,32,39). The molecule has 1 amide bonds. The van der Waals surface area contributed by atoms with Crippen LogP contribution in [0.25, 0.3) is 0 Å². The summed E-state index contributed by atoms with van der Waals surface area (Å²) in [6.07, 6.45) is 1.77. The number of ether oxygens (including phenoxy) is 1. The average molecular weight is 622 g/mol. The molecule has 12 nitrogen and oxygen atoms in total. The number of rotatable bonds is 10. The summed E-state index contributed by atoms with van der Waals surface area (Å²) < 4.78 is 57.6. The third kappa shape index (κ3) is 7.68. The Labute approximate surface area is 251 Å². The van der Waals surface area contributed by atoms with Gasteiger partial charge in [0.05, 0.1) is 23.7 Å². The number of alkyl halides is 2. The van der Waals surface area contributed by atoms with Gasteiger partial charge in [-0.25, -0.2) is 27.2 Å². The number of amides is 1. The van der Waals surface area contributed by atoms with Crippen molar-refractivity contribution < 1.29 is 31.5 Å². The van der Waals surface area contributed by atoms with Gasteiger partial charge in [-0.3, -0.25) is 18.8 Å². The van der Waals surface area contributed by atoms with Crippen LogP contribution < -0.4 is 19.4 Å². The fourth-order valence-electron chi connectivity index (χ4n) is 5.42. The number of nitrogens with one attached hydrogen (secondary N) is 1. The molecular weight excluding hydrogens is 584 g/mol. The smallest absolute Gasteiger partial charge is 0.326 e. The van der Waals surface area contributed by atoms with Gasteiger partial charge in [0, 0.05) is 63.8 Å². The minimum absolute atomic E-state index is 0.0833. The topological polar surface area (TPSA) is 128 Å². The van der Waals surface area contributed by atoms with E-state index in [0.29, 0.717) is 36.2 Å². The third-order valence-corrected chi connectivity index (χ3v) is 8.65. The van der Waals surface area contributed by atoms with Gasteiger partial charge in [0.2, 0.25) is 16.8 Å². The molecule has 2 aliphatic heterocycles.